The highest BCUT2D eigenvalue weighted by Gasteiger charge is 2.24. The number of hydrogen-bond donors (Lipinski definition) is 1. The first-order valence-corrected chi connectivity index (χ1v) is 11.9. The number of benzene rings is 1. The third kappa shape index (κ3) is 5.76. The fourth-order valence-electron chi connectivity index (χ4n) is 4.52. The molecule has 2 aliphatic heterocycles. The van der Waals surface area contributed by atoms with Crippen LogP contribution in [0.4, 0.5) is 11.5 Å². The fraction of sp³-hybridized carbons (Fsp3) is 0.560. The van der Waals surface area contributed by atoms with Crippen molar-refractivity contribution in [1.29, 1.82) is 0 Å². The number of hydrogen-bond acceptors (Lipinski definition) is 6. The molecule has 1 atom stereocenters. The second kappa shape index (κ2) is 10.3. The van der Waals surface area contributed by atoms with Crippen molar-refractivity contribution in [1.82, 2.24) is 20.2 Å². The normalized spacial score (nSPS) is 19.6. The van der Waals surface area contributed by atoms with Gasteiger partial charge >= 0.3 is 0 Å². The maximum atomic E-state index is 12.5. The second-order valence-electron chi connectivity index (χ2n) is 9.38. The number of nitrogens with zero attached hydrogens (tertiary/aromatic N) is 5. The Morgan fingerprint density at radius 1 is 1.06 bits per heavy atom. The van der Waals surface area contributed by atoms with Crippen LogP contribution in [0.3, 0.4) is 0 Å². The van der Waals surface area contributed by atoms with Gasteiger partial charge in [-0.3, -0.25) is 9.69 Å². The molecule has 172 valence electrons. The molecule has 7 nitrogen and oxygen atoms in total. The molecule has 1 N–H and O–H groups in total. The summed E-state index contributed by atoms with van der Waals surface area (Å²) < 4.78 is 0. The van der Waals surface area contributed by atoms with Crippen LogP contribution in [0.2, 0.25) is 0 Å². The summed E-state index contributed by atoms with van der Waals surface area (Å²) in [6.07, 6.45) is 1.13. The summed E-state index contributed by atoms with van der Waals surface area (Å²) in [7, 11) is 0. The number of nitrogens with one attached hydrogen (secondary N) is 1. The largest absolute Gasteiger partial charge is 0.371 e. The average Bonchev–Trinajstić information content (AvgIpc) is 3.27. The maximum absolute atomic E-state index is 12.5. The van der Waals surface area contributed by atoms with Crippen LogP contribution >= 0.6 is 0 Å². The van der Waals surface area contributed by atoms with Crippen molar-refractivity contribution >= 4 is 17.4 Å². The number of aryl methyl sites for hydroxylation is 1. The third-order valence-electron chi connectivity index (χ3n) is 6.43. The van der Waals surface area contributed by atoms with Crippen molar-refractivity contribution in [3.05, 3.63) is 47.9 Å². The Kier molecular flexibility index (Phi) is 7.25. The lowest BCUT2D eigenvalue weighted by Crippen LogP contribution is -2.50. The molecule has 2 aromatic rings. The number of anilines is 2. The number of carbonyl (C=O) groups is 1. The van der Waals surface area contributed by atoms with Crippen molar-refractivity contribution in [2.75, 3.05) is 62.2 Å². The van der Waals surface area contributed by atoms with Gasteiger partial charge < -0.3 is 15.1 Å². The SMILES string of the molecule is Cc1cc(N2CCN(CC(=O)NCC3CCN(c4ccccc4)C3)CC2)nc(C(C)C)n1. The minimum Gasteiger partial charge on any atom is -0.371 e. The molecule has 0 aliphatic carbocycles. The molecule has 4 rings (SSSR count). The van der Waals surface area contributed by atoms with E-state index in [2.05, 4.69) is 75.2 Å². The Morgan fingerprint density at radius 2 is 1.81 bits per heavy atom. The van der Waals surface area contributed by atoms with Gasteiger partial charge in [-0.15, -0.1) is 0 Å². The Balaban J connectivity index is 1.19. The number of carbonyl (C=O) groups excluding carboxylic acids is 1. The van der Waals surface area contributed by atoms with E-state index in [-0.39, 0.29) is 5.91 Å². The van der Waals surface area contributed by atoms with Crippen LogP contribution in [-0.4, -0.2) is 73.1 Å². The topological polar surface area (TPSA) is 64.6 Å². The van der Waals surface area contributed by atoms with Gasteiger partial charge in [-0.1, -0.05) is 32.0 Å². The van der Waals surface area contributed by atoms with Gasteiger partial charge in [-0.25, -0.2) is 9.97 Å². The number of para-hydroxylation sites is 1. The van der Waals surface area contributed by atoms with E-state index < -0.39 is 0 Å². The van der Waals surface area contributed by atoms with Crippen molar-refractivity contribution in [2.24, 2.45) is 5.92 Å². The summed E-state index contributed by atoms with van der Waals surface area (Å²) in [4.78, 5) is 28.8. The van der Waals surface area contributed by atoms with Gasteiger partial charge in [0.15, 0.2) is 0 Å². The summed E-state index contributed by atoms with van der Waals surface area (Å²) in [6.45, 7) is 13.1. The van der Waals surface area contributed by atoms with E-state index in [1.807, 2.05) is 6.92 Å². The molecule has 1 unspecified atom stereocenters. The van der Waals surface area contributed by atoms with Crippen LogP contribution < -0.4 is 15.1 Å². The van der Waals surface area contributed by atoms with Gasteiger partial charge in [-0.05, 0) is 31.4 Å². The minimum atomic E-state index is 0.136. The number of piperazine rings is 1. The molecule has 2 fully saturated rings. The van der Waals surface area contributed by atoms with Crippen LogP contribution in [0, 0.1) is 12.8 Å². The zero-order valence-electron chi connectivity index (χ0n) is 19.6. The molecule has 1 amide bonds. The quantitative estimate of drug-likeness (QED) is 0.720. The van der Waals surface area contributed by atoms with E-state index in [1.165, 1.54) is 5.69 Å². The van der Waals surface area contributed by atoms with E-state index in [1.54, 1.807) is 0 Å². The van der Waals surface area contributed by atoms with Gasteiger partial charge in [-0.2, -0.15) is 0 Å². The summed E-state index contributed by atoms with van der Waals surface area (Å²) in [5.74, 6) is 2.89. The van der Waals surface area contributed by atoms with Gasteiger partial charge in [0.2, 0.25) is 5.91 Å². The van der Waals surface area contributed by atoms with E-state index in [0.717, 1.165) is 69.6 Å². The van der Waals surface area contributed by atoms with Crippen molar-refractivity contribution < 1.29 is 4.79 Å². The van der Waals surface area contributed by atoms with Crippen LogP contribution in [-0.2, 0) is 4.79 Å². The summed E-state index contributed by atoms with van der Waals surface area (Å²) >= 11 is 0. The van der Waals surface area contributed by atoms with Crippen LogP contribution in [0.5, 0.6) is 0 Å². The van der Waals surface area contributed by atoms with E-state index in [4.69, 9.17) is 4.98 Å². The first kappa shape index (κ1) is 22.5. The van der Waals surface area contributed by atoms with E-state index in [9.17, 15) is 4.79 Å². The lowest BCUT2D eigenvalue weighted by atomic mass is 10.1. The Hall–Kier alpha value is -2.67. The summed E-state index contributed by atoms with van der Waals surface area (Å²) in [5, 5.41) is 3.17. The Labute approximate surface area is 191 Å². The zero-order valence-corrected chi connectivity index (χ0v) is 19.6. The Morgan fingerprint density at radius 3 is 2.53 bits per heavy atom. The lowest BCUT2D eigenvalue weighted by Gasteiger charge is -2.35. The van der Waals surface area contributed by atoms with E-state index in [0.29, 0.717) is 18.4 Å². The molecule has 1 aromatic heterocycles. The minimum absolute atomic E-state index is 0.136. The van der Waals surface area contributed by atoms with Gasteiger partial charge in [0.05, 0.1) is 6.54 Å². The third-order valence-corrected chi connectivity index (χ3v) is 6.43. The molecule has 0 spiro atoms. The van der Waals surface area contributed by atoms with Crippen LogP contribution in [0.1, 0.15) is 37.7 Å². The van der Waals surface area contributed by atoms with Crippen molar-refractivity contribution in [2.45, 2.75) is 33.1 Å². The van der Waals surface area contributed by atoms with Crippen molar-refractivity contribution in [3.63, 3.8) is 0 Å². The van der Waals surface area contributed by atoms with Crippen LogP contribution in [0.25, 0.3) is 0 Å². The smallest absolute Gasteiger partial charge is 0.234 e. The summed E-state index contributed by atoms with van der Waals surface area (Å²) in [5.41, 5.74) is 2.29. The van der Waals surface area contributed by atoms with Gasteiger partial charge in [0.1, 0.15) is 11.6 Å². The highest BCUT2D eigenvalue weighted by Crippen LogP contribution is 2.23. The number of amides is 1. The standard InChI is InChI=1S/C25H36N6O/c1-19(2)25-27-20(3)15-23(28-25)30-13-11-29(12-14-30)18-24(32)26-16-21-9-10-31(17-21)22-7-5-4-6-8-22/h4-8,15,19,21H,9-14,16-18H2,1-3H3,(H,26,32). The maximum Gasteiger partial charge on any atom is 0.234 e. The van der Waals surface area contributed by atoms with E-state index >= 15 is 0 Å². The van der Waals surface area contributed by atoms with Gasteiger partial charge in [0.25, 0.3) is 0 Å². The summed E-state index contributed by atoms with van der Waals surface area (Å²) in [6, 6.07) is 12.6. The molecule has 2 saturated heterocycles. The lowest BCUT2D eigenvalue weighted by molar-refractivity contribution is -0.122. The van der Waals surface area contributed by atoms with Crippen molar-refractivity contribution in [3.8, 4) is 0 Å². The molecule has 0 bridgehead atoms. The first-order valence-electron chi connectivity index (χ1n) is 11.9. The average molecular weight is 437 g/mol. The highest BCUT2D eigenvalue weighted by atomic mass is 16.2. The molecule has 32 heavy (non-hydrogen) atoms. The molecular weight excluding hydrogens is 400 g/mol. The second-order valence-corrected chi connectivity index (χ2v) is 9.38. The molecule has 0 saturated carbocycles. The molecule has 3 heterocycles. The number of rotatable bonds is 7. The highest BCUT2D eigenvalue weighted by molar-refractivity contribution is 5.78. The molecule has 0 radical (unpaired) electrons. The molecular formula is C25H36N6O. The van der Waals surface area contributed by atoms with Gasteiger partial charge in [0, 0.05) is 69.2 Å². The predicted octanol–water partition coefficient (Wildman–Crippen LogP) is 2.67. The first-order chi connectivity index (χ1) is 15.5. The fourth-order valence-corrected chi connectivity index (χ4v) is 4.52. The predicted molar refractivity (Wildman–Crippen MR) is 129 cm³/mol. The molecule has 1 aromatic carbocycles. The van der Waals surface area contributed by atoms with Crippen LogP contribution in [0.15, 0.2) is 36.4 Å². The zero-order chi connectivity index (χ0) is 22.5. The molecule has 2 aliphatic rings. The number of aromatic nitrogens is 2. The monoisotopic (exact) mass is 436 g/mol. The molecule has 7 heteroatoms. The Bertz CT molecular complexity index is 895.